The number of aryl methyl sites for hydroxylation is 2. The number of furan rings is 2. The van der Waals surface area contributed by atoms with Gasteiger partial charge in [0, 0.05) is 78.6 Å². The fraction of sp³-hybridized carbons (Fsp3) is 0.0385. The van der Waals surface area contributed by atoms with Crippen LogP contribution in [0.5, 0.6) is 0 Å². The van der Waals surface area contributed by atoms with Crippen molar-refractivity contribution in [3.05, 3.63) is 175 Å². The largest absolute Gasteiger partial charge is 0.455 e. The van der Waals surface area contributed by atoms with Gasteiger partial charge in [-0.3, -0.25) is 0 Å². The predicted molar refractivity (Wildman–Crippen MR) is 240 cm³/mol. The molecule has 13 rings (SSSR count). The molecule has 2 aliphatic rings. The van der Waals surface area contributed by atoms with Gasteiger partial charge in [-0.2, -0.15) is 0 Å². The van der Waals surface area contributed by atoms with Crippen molar-refractivity contribution in [3.63, 3.8) is 0 Å². The van der Waals surface area contributed by atoms with Gasteiger partial charge in [0.05, 0.1) is 0 Å². The van der Waals surface area contributed by atoms with Crippen LogP contribution in [0.15, 0.2) is 173 Å². The first-order chi connectivity index (χ1) is 28.1. The number of nitrogens with zero attached hydrogens (tertiary/aromatic N) is 2. The van der Waals surface area contributed by atoms with Crippen molar-refractivity contribution in [1.82, 2.24) is 0 Å². The molecule has 2 aromatic heterocycles. The molecule has 0 bridgehead atoms. The van der Waals surface area contributed by atoms with E-state index in [-0.39, 0.29) is 6.71 Å². The summed E-state index contributed by atoms with van der Waals surface area (Å²) in [6.07, 6.45) is 0. The summed E-state index contributed by atoms with van der Waals surface area (Å²) >= 11 is 0. The van der Waals surface area contributed by atoms with Crippen LogP contribution in [0.25, 0.3) is 65.4 Å². The summed E-state index contributed by atoms with van der Waals surface area (Å²) in [7, 11) is 0. The first-order valence-electron chi connectivity index (χ1n) is 19.7. The molecule has 0 saturated heterocycles. The van der Waals surface area contributed by atoms with E-state index >= 15 is 0 Å². The van der Waals surface area contributed by atoms with Gasteiger partial charge in [-0.15, -0.1) is 0 Å². The molecule has 11 aromatic rings. The molecule has 0 N–H and O–H groups in total. The second-order valence-electron chi connectivity index (χ2n) is 15.8. The molecule has 0 radical (unpaired) electrons. The second-order valence-corrected chi connectivity index (χ2v) is 15.8. The molecule has 0 saturated carbocycles. The zero-order valence-electron chi connectivity index (χ0n) is 31.4. The van der Waals surface area contributed by atoms with E-state index in [0.717, 1.165) is 77.4 Å². The summed E-state index contributed by atoms with van der Waals surface area (Å²) < 4.78 is 13.7. The summed E-state index contributed by atoms with van der Waals surface area (Å²) in [5, 5.41) is 9.13. The summed E-state index contributed by atoms with van der Waals surface area (Å²) in [6, 6.07) is 60.0. The Morgan fingerprint density at radius 2 is 0.842 bits per heavy atom. The average Bonchev–Trinajstić information content (AvgIpc) is 3.81. The number of fused-ring (bicyclic) bond motifs is 14. The Hall–Kier alpha value is -7.24. The highest BCUT2D eigenvalue weighted by Gasteiger charge is 2.44. The van der Waals surface area contributed by atoms with Crippen LogP contribution in [0.1, 0.15) is 11.1 Å². The highest BCUT2D eigenvalue weighted by molar-refractivity contribution is 7.00. The molecule has 2 aliphatic heterocycles. The van der Waals surface area contributed by atoms with Crippen molar-refractivity contribution in [2.24, 2.45) is 0 Å². The van der Waals surface area contributed by atoms with Gasteiger partial charge in [0.2, 0.25) is 0 Å². The quantitative estimate of drug-likeness (QED) is 0.166. The maximum absolute atomic E-state index is 6.87. The van der Waals surface area contributed by atoms with E-state index < -0.39 is 0 Å². The van der Waals surface area contributed by atoms with Gasteiger partial charge < -0.3 is 18.6 Å². The lowest BCUT2D eigenvalue weighted by Crippen LogP contribution is -2.61. The molecular weight excluding hydrogens is 695 g/mol. The van der Waals surface area contributed by atoms with E-state index in [1.807, 2.05) is 0 Å². The molecule has 4 heterocycles. The molecule has 57 heavy (non-hydrogen) atoms. The summed E-state index contributed by atoms with van der Waals surface area (Å²) in [4.78, 5) is 4.90. The van der Waals surface area contributed by atoms with Gasteiger partial charge in [0.15, 0.2) is 0 Å². The lowest BCUT2D eigenvalue weighted by atomic mass is 9.33. The van der Waals surface area contributed by atoms with Crippen LogP contribution in [0.4, 0.5) is 34.1 Å². The minimum absolute atomic E-state index is 0.0609. The van der Waals surface area contributed by atoms with Gasteiger partial charge in [0.1, 0.15) is 22.3 Å². The topological polar surface area (TPSA) is 32.8 Å². The van der Waals surface area contributed by atoms with E-state index in [0.29, 0.717) is 0 Å². The number of benzene rings is 9. The van der Waals surface area contributed by atoms with E-state index in [4.69, 9.17) is 8.83 Å². The molecule has 0 spiro atoms. The first kappa shape index (κ1) is 31.0. The number of hydrogen-bond acceptors (Lipinski definition) is 4. The molecule has 0 aliphatic carbocycles. The minimum Gasteiger partial charge on any atom is -0.455 e. The second kappa shape index (κ2) is 11.2. The highest BCUT2D eigenvalue weighted by atomic mass is 16.3. The molecule has 266 valence electrons. The highest BCUT2D eigenvalue weighted by Crippen LogP contribution is 2.47. The summed E-state index contributed by atoms with van der Waals surface area (Å²) in [5.74, 6) is 0. The lowest BCUT2D eigenvalue weighted by Gasteiger charge is -2.44. The van der Waals surface area contributed by atoms with Gasteiger partial charge in [-0.05, 0) is 89.5 Å². The van der Waals surface area contributed by atoms with Crippen LogP contribution in [-0.4, -0.2) is 6.71 Å². The number of hydrogen-bond donors (Lipinski definition) is 0. The molecule has 9 aromatic carbocycles. The maximum Gasteiger partial charge on any atom is 0.252 e. The molecule has 0 fully saturated rings. The zero-order chi connectivity index (χ0) is 37.5. The Kier molecular flexibility index (Phi) is 6.08. The Morgan fingerprint density at radius 1 is 0.386 bits per heavy atom. The normalized spacial score (nSPS) is 13.3. The van der Waals surface area contributed by atoms with Gasteiger partial charge in [-0.1, -0.05) is 114 Å². The summed E-state index contributed by atoms with van der Waals surface area (Å²) in [5.41, 5.74) is 16.7. The van der Waals surface area contributed by atoms with Gasteiger partial charge in [0.25, 0.3) is 6.71 Å². The zero-order valence-corrected chi connectivity index (χ0v) is 31.4. The van der Waals surface area contributed by atoms with Gasteiger partial charge in [-0.25, -0.2) is 0 Å². The van der Waals surface area contributed by atoms with Crippen molar-refractivity contribution >= 4 is 123 Å². The van der Waals surface area contributed by atoms with Crippen molar-refractivity contribution in [2.75, 3.05) is 9.80 Å². The molecule has 5 heteroatoms. The Bertz CT molecular complexity index is 3280. The smallest absolute Gasteiger partial charge is 0.252 e. The fourth-order valence-corrected chi connectivity index (χ4v) is 9.87. The van der Waals surface area contributed by atoms with Crippen molar-refractivity contribution < 1.29 is 8.83 Å². The number of anilines is 6. The maximum atomic E-state index is 6.87. The molecule has 0 unspecified atom stereocenters. The Balaban J connectivity index is 1.17. The Labute approximate surface area is 328 Å². The van der Waals surface area contributed by atoms with E-state index in [1.54, 1.807) is 0 Å². The van der Waals surface area contributed by atoms with Crippen LogP contribution in [0.2, 0.25) is 0 Å². The van der Waals surface area contributed by atoms with Crippen molar-refractivity contribution in [3.8, 4) is 0 Å². The third-order valence-electron chi connectivity index (χ3n) is 12.5. The van der Waals surface area contributed by atoms with Crippen LogP contribution < -0.4 is 26.2 Å². The molecular formula is C52H33BN2O2. The van der Waals surface area contributed by atoms with Crippen molar-refractivity contribution in [2.45, 2.75) is 13.8 Å². The Morgan fingerprint density at radius 3 is 1.32 bits per heavy atom. The third-order valence-corrected chi connectivity index (χ3v) is 12.5. The van der Waals surface area contributed by atoms with E-state index in [9.17, 15) is 0 Å². The third kappa shape index (κ3) is 4.23. The van der Waals surface area contributed by atoms with E-state index in [1.165, 1.54) is 49.7 Å². The van der Waals surface area contributed by atoms with Crippen LogP contribution in [0.3, 0.4) is 0 Å². The first-order valence-corrected chi connectivity index (χ1v) is 19.7. The SMILES string of the molecule is Cc1ccc(N2c3cc4oc5c6ccccc6ccc5c4cc3B3c4cc5c(cc4N(c4ccc(C)cc4)c4cccc2c43)oc2c3ccccc3ccc52)cc1. The summed E-state index contributed by atoms with van der Waals surface area (Å²) in [6.45, 7) is 4.24. The van der Waals surface area contributed by atoms with E-state index in [2.05, 4.69) is 187 Å². The van der Waals surface area contributed by atoms with Gasteiger partial charge >= 0.3 is 0 Å². The number of rotatable bonds is 2. The molecule has 0 atom stereocenters. The standard InChI is InChI=1S/C52H33BN2O2/c1-30-14-20-34(21-15-30)54-44-12-7-13-45-50(44)53(42-26-40-38-24-18-32-8-3-5-10-36(32)51(38)56-48(40)28-46(42)54)43-27-41-39-25-19-33-9-4-6-11-37(33)52(39)57-49(41)29-47(43)55(45)35-22-16-31(2)17-23-35/h3-29H,1-2H3. The average molecular weight is 729 g/mol. The monoisotopic (exact) mass is 728 g/mol. The van der Waals surface area contributed by atoms with Crippen LogP contribution >= 0.6 is 0 Å². The molecule has 4 nitrogen and oxygen atoms in total. The van der Waals surface area contributed by atoms with Crippen LogP contribution in [0, 0.1) is 13.8 Å². The lowest BCUT2D eigenvalue weighted by molar-refractivity contribution is 0.672. The fourth-order valence-electron chi connectivity index (χ4n) is 9.87. The predicted octanol–water partition coefficient (Wildman–Crippen LogP) is 12.5. The van der Waals surface area contributed by atoms with Crippen molar-refractivity contribution in [1.29, 1.82) is 0 Å². The van der Waals surface area contributed by atoms with Crippen LogP contribution in [-0.2, 0) is 0 Å². The minimum atomic E-state index is -0.0609. The molecule has 0 amide bonds.